The minimum absolute atomic E-state index is 0.0358. The fourth-order valence-electron chi connectivity index (χ4n) is 2.53. The molecule has 0 fully saturated rings. The van der Waals surface area contributed by atoms with Crippen molar-refractivity contribution in [3.63, 3.8) is 0 Å². The lowest BCUT2D eigenvalue weighted by Crippen LogP contribution is -2.14. The van der Waals surface area contributed by atoms with E-state index in [1.54, 1.807) is 12.1 Å². The fourth-order valence-corrected chi connectivity index (χ4v) is 2.53. The Balaban J connectivity index is 1.75. The highest BCUT2D eigenvalue weighted by Crippen LogP contribution is 2.26. The second kappa shape index (κ2) is 8.39. The topological polar surface area (TPSA) is 118 Å². The van der Waals surface area contributed by atoms with E-state index in [0.29, 0.717) is 19.3 Å². The molecule has 0 aromatic heterocycles. The zero-order valence-corrected chi connectivity index (χ0v) is 13.7. The van der Waals surface area contributed by atoms with E-state index in [0.717, 1.165) is 11.1 Å². The monoisotopic (exact) mass is 346 g/mol. The van der Waals surface area contributed by atoms with Crippen LogP contribution < -0.4 is 0 Å². The smallest absolute Gasteiger partial charge is 0.157 e. The van der Waals surface area contributed by atoms with Crippen molar-refractivity contribution in [3.05, 3.63) is 47.5 Å². The molecule has 0 saturated heterocycles. The molecule has 0 aliphatic heterocycles. The molecular formula is C19H22O6. The second-order valence-corrected chi connectivity index (χ2v) is 6.08. The van der Waals surface area contributed by atoms with Crippen molar-refractivity contribution in [2.24, 2.45) is 0 Å². The van der Waals surface area contributed by atoms with Gasteiger partial charge in [0.05, 0.1) is 6.10 Å². The maximum absolute atomic E-state index is 11.9. The van der Waals surface area contributed by atoms with Crippen LogP contribution in [0.1, 0.15) is 30.4 Å². The number of rotatable bonds is 8. The minimum atomic E-state index is -0.781. The number of carbonyl (C=O) groups excluding carboxylic acids is 1. The van der Waals surface area contributed by atoms with Crippen molar-refractivity contribution < 1.29 is 30.3 Å². The second-order valence-electron chi connectivity index (χ2n) is 6.08. The highest BCUT2D eigenvalue weighted by molar-refractivity contribution is 5.79. The van der Waals surface area contributed by atoms with Crippen LogP contribution in [0, 0.1) is 0 Å². The summed E-state index contributed by atoms with van der Waals surface area (Å²) in [7, 11) is 0. The van der Waals surface area contributed by atoms with Gasteiger partial charge in [-0.05, 0) is 54.7 Å². The first-order valence-corrected chi connectivity index (χ1v) is 8.06. The molecular weight excluding hydrogens is 324 g/mol. The molecule has 0 spiro atoms. The molecule has 5 N–H and O–H groups in total. The van der Waals surface area contributed by atoms with Crippen LogP contribution in [0.5, 0.6) is 23.0 Å². The van der Waals surface area contributed by atoms with Crippen LogP contribution in [0.3, 0.4) is 0 Å². The van der Waals surface area contributed by atoms with Gasteiger partial charge in [0, 0.05) is 12.8 Å². The van der Waals surface area contributed by atoms with Gasteiger partial charge in [0.1, 0.15) is 5.78 Å². The fraction of sp³-hybridized carbons (Fsp3) is 0.316. The van der Waals surface area contributed by atoms with E-state index in [-0.39, 0.29) is 41.6 Å². The van der Waals surface area contributed by atoms with Gasteiger partial charge in [0.2, 0.25) is 0 Å². The normalized spacial score (nSPS) is 12.0. The SMILES string of the molecule is O=C(CCc1ccc(O)c(O)c1)CC(O)CCc1ccc(O)c(O)c1. The Labute approximate surface area is 145 Å². The zero-order chi connectivity index (χ0) is 18.4. The number of aliphatic hydroxyl groups is 1. The summed E-state index contributed by atoms with van der Waals surface area (Å²) in [5.41, 5.74) is 1.50. The number of aryl methyl sites for hydroxylation is 2. The van der Waals surface area contributed by atoms with E-state index >= 15 is 0 Å². The number of aliphatic hydroxyl groups excluding tert-OH is 1. The van der Waals surface area contributed by atoms with Gasteiger partial charge in [-0.3, -0.25) is 4.79 Å². The standard InChI is InChI=1S/C19H22O6/c20-14(5-1-12-3-7-16(22)18(24)9-12)11-15(21)6-2-13-4-8-17(23)19(25)10-13/h3-4,7-10,14,20,22-25H,1-2,5-6,11H2. The molecule has 2 rings (SSSR count). The number of hydrogen-bond acceptors (Lipinski definition) is 6. The van der Waals surface area contributed by atoms with Gasteiger partial charge in [-0.1, -0.05) is 12.1 Å². The van der Waals surface area contributed by atoms with E-state index in [1.807, 2.05) is 0 Å². The Bertz CT molecular complexity index is 741. The number of aromatic hydroxyl groups is 4. The third-order valence-corrected chi connectivity index (χ3v) is 4.00. The molecule has 0 saturated carbocycles. The van der Waals surface area contributed by atoms with Gasteiger partial charge in [-0.25, -0.2) is 0 Å². The molecule has 6 nitrogen and oxygen atoms in total. The van der Waals surface area contributed by atoms with Gasteiger partial charge in [0.25, 0.3) is 0 Å². The molecule has 1 atom stereocenters. The summed E-state index contributed by atoms with van der Waals surface area (Å²) in [5.74, 6) is -0.915. The maximum atomic E-state index is 11.9. The van der Waals surface area contributed by atoms with E-state index in [1.165, 1.54) is 24.3 Å². The molecule has 2 aromatic carbocycles. The third kappa shape index (κ3) is 5.69. The van der Waals surface area contributed by atoms with Crippen LogP contribution >= 0.6 is 0 Å². The molecule has 1 unspecified atom stereocenters. The number of ketones is 1. The van der Waals surface area contributed by atoms with E-state index in [4.69, 9.17) is 0 Å². The van der Waals surface area contributed by atoms with Gasteiger partial charge in [-0.2, -0.15) is 0 Å². The summed E-state index contributed by atoms with van der Waals surface area (Å²) >= 11 is 0. The molecule has 134 valence electrons. The summed E-state index contributed by atoms with van der Waals surface area (Å²) in [4.78, 5) is 11.9. The van der Waals surface area contributed by atoms with Gasteiger partial charge in [0.15, 0.2) is 23.0 Å². The summed E-state index contributed by atoms with van der Waals surface area (Å²) in [5, 5.41) is 47.3. The molecule has 0 heterocycles. The van der Waals surface area contributed by atoms with Crippen LogP contribution in [0.2, 0.25) is 0 Å². The summed E-state index contributed by atoms with van der Waals surface area (Å²) < 4.78 is 0. The Morgan fingerprint density at radius 1 is 0.800 bits per heavy atom. The summed E-state index contributed by atoms with van der Waals surface area (Å²) in [6.45, 7) is 0. The van der Waals surface area contributed by atoms with Crippen molar-refractivity contribution in [2.45, 2.75) is 38.2 Å². The number of hydrogen-bond donors (Lipinski definition) is 5. The van der Waals surface area contributed by atoms with Gasteiger partial charge < -0.3 is 25.5 Å². The third-order valence-electron chi connectivity index (χ3n) is 4.00. The molecule has 0 bridgehead atoms. The van der Waals surface area contributed by atoms with Crippen LogP contribution in [0.4, 0.5) is 0 Å². The Hall–Kier alpha value is -2.73. The van der Waals surface area contributed by atoms with E-state index < -0.39 is 6.10 Å². The van der Waals surface area contributed by atoms with Crippen molar-refractivity contribution in [1.82, 2.24) is 0 Å². The number of benzene rings is 2. The first-order chi connectivity index (χ1) is 11.8. The molecule has 0 radical (unpaired) electrons. The molecule has 25 heavy (non-hydrogen) atoms. The van der Waals surface area contributed by atoms with Gasteiger partial charge in [-0.15, -0.1) is 0 Å². The lowest BCUT2D eigenvalue weighted by Gasteiger charge is -2.10. The van der Waals surface area contributed by atoms with Crippen LogP contribution in [-0.2, 0) is 17.6 Å². The van der Waals surface area contributed by atoms with Gasteiger partial charge >= 0.3 is 0 Å². The van der Waals surface area contributed by atoms with Crippen LogP contribution in [0.25, 0.3) is 0 Å². The number of Topliss-reactive ketones (excluding diaryl/α,β-unsaturated/α-hetero) is 1. The minimum Gasteiger partial charge on any atom is -0.504 e. The average Bonchev–Trinajstić information content (AvgIpc) is 2.57. The van der Waals surface area contributed by atoms with Crippen LogP contribution in [-0.4, -0.2) is 37.4 Å². The highest BCUT2D eigenvalue weighted by Gasteiger charge is 2.12. The lowest BCUT2D eigenvalue weighted by molar-refractivity contribution is -0.121. The van der Waals surface area contributed by atoms with Crippen molar-refractivity contribution in [2.75, 3.05) is 0 Å². The number of phenolic OH excluding ortho intramolecular Hbond substituents is 4. The predicted molar refractivity (Wildman–Crippen MR) is 91.8 cm³/mol. The molecule has 0 amide bonds. The molecule has 0 aliphatic rings. The maximum Gasteiger partial charge on any atom is 0.157 e. The summed E-state index contributed by atoms with van der Waals surface area (Å²) in [6, 6.07) is 8.89. The summed E-state index contributed by atoms with van der Waals surface area (Å²) in [6.07, 6.45) is 0.765. The Morgan fingerprint density at radius 3 is 1.84 bits per heavy atom. The van der Waals surface area contributed by atoms with Crippen molar-refractivity contribution in [1.29, 1.82) is 0 Å². The Morgan fingerprint density at radius 2 is 1.32 bits per heavy atom. The highest BCUT2D eigenvalue weighted by atomic mass is 16.3. The van der Waals surface area contributed by atoms with E-state index in [2.05, 4.69) is 0 Å². The molecule has 0 aliphatic carbocycles. The number of carbonyl (C=O) groups is 1. The van der Waals surface area contributed by atoms with Crippen LogP contribution in [0.15, 0.2) is 36.4 Å². The first kappa shape index (κ1) is 18.6. The predicted octanol–water partition coefficient (Wildman–Crippen LogP) is 2.39. The zero-order valence-electron chi connectivity index (χ0n) is 13.7. The molecule has 2 aromatic rings. The van der Waals surface area contributed by atoms with Crippen molar-refractivity contribution in [3.8, 4) is 23.0 Å². The largest absolute Gasteiger partial charge is 0.504 e. The lowest BCUT2D eigenvalue weighted by atomic mass is 10.00. The average molecular weight is 346 g/mol. The van der Waals surface area contributed by atoms with E-state index in [9.17, 15) is 30.3 Å². The number of phenols is 4. The van der Waals surface area contributed by atoms with Crippen molar-refractivity contribution >= 4 is 5.78 Å². The first-order valence-electron chi connectivity index (χ1n) is 8.06. The Kier molecular flexibility index (Phi) is 6.25. The molecule has 6 heteroatoms. The quantitative estimate of drug-likeness (QED) is 0.468.